The molecule has 1 N–H and O–H groups in total. The maximum Gasteiger partial charge on any atom is 0.146 e. The van der Waals surface area contributed by atoms with Gasteiger partial charge in [0, 0.05) is 18.9 Å². The molecule has 2 rings (SSSR count). The molecule has 0 aliphatic heterocycles. The van der Waals surface area contributed by atoms with Gasteiger partial charge in [-0.15, -0.1) is 0 Å². The van der Waals surface area contributed by atoms with E-state index in [4.69, 9.17) is 4.74 Å². The largest absolute Gasteiger partial charge is 0.486 e. The number of benzene rings is 1. The first-order valence-corrected chi connectivity index (χ1v) is 6.11. The summed E-state index contributed by atoms with van der Waals surface area (Å²) in [5.74, 6) is 1.65. The van der Waals surface area contributed by atoms with E-state index in [9.17, 15) is 5.11 Å². The van der Waals surface area contributed by atoms with E-state index in [1.54, 1.807) is 13.1 Å². The first-order valence-electron chi connectivity index (χ1n) is 6.11. The van der Waals surface area contributed by atoms with E-state index >= 15 is 0 Å². The van der Waals surface area contributed by atoms with Gasteiger partial charge in [-0.1, -0.05) is 12.1 Å². The lowest BCUT2D eigenvalue weighted by Crippen LogP contribution is -2.05. The molecule has 0 aliphatic rings. The van der Waals surface area contributed by atoms with Crippen molar-refractivity contribution in [2.24, 2.45) is 0 Å². The molecule has 1 heterocycles. The molecule has 0 saturated carbocycles. The monoisotopic (exact) mass is 246 g/mol. The molecule has 0 bridgehead atoms. The van der Waals surface area contributed by atoms with Crippen LogP contribution in [-0.4, -0.2) is 14.7 Å². The molecule has 1 aromatic carbocycles. The van der Waals surface area contributed by atoms with Gasteiger partial charge in [-0.25, -0.2) is 4.98 Å². The third-order valence-electron chi connectivity index (χ3n) is 2.85. The number of nitrogens with zero attached hydrogens (tertiary/aromatic N) is 2. The molecule has 96 valence electrons. The number of ether oxygens (including phenoxy) is 1. The van der Waals surface area contributed by atoms with Gasteiger partial charge in [-0.2, -0.15) is 0 Å². The fourth-order valence-electron chi connectivity index (χ4n) is 1.78. The van der Waals surface area contributed by atoms with Crippen LogP contribution < -0.4 is 4.74 Å². The van der Waals surface area contributed by atoms with Gasteiger partial charge in [-0.3, -0.25) is 0 Å². The van der Waals surface area contributed by atoms with Crippen LogP contribution in [0.25, 0.3) is 0 Å². The van der Waals surface area contributed by atoms with E-state index < -0.39 is 6.10 Å². The van der Waals surface area contributed by atoms with Crippen molar-refractivity contribution >= 4 is 0 Å². The Balaban J connectivity index is 2.04. The topological polar surface area (TPSA) is 47.3 Å². The Morgan fingerprint density at radius 3 is 3.00 bits per heavy atom. The van der Waals surface area contributed by atoms with Gasteiger partial charge < -0.3 is 14.4 Å². The summed E-state index contributed by atoms with van der Waals surface area (Å²) in [5, 5.41) is 9.51. The summed E-state index contributed by atoms with van der Waals surface area (Å²) in [7, 11) is 0. The second-order valence-electron chi connectivity index (χ2n) is 4.17. The molecule has 18 heavy (non-hydrogen) atoms. The third kappa shape index (κ3) is 2.90. The van der Waals surface area contributed by atoms with E-state index in [-0.39, 0.29) is 0 Å². The lowest BCUT2D eigenvalue weighted by atomic mass is 10.1. The zero-order valence-electron chi connectivity index (χ0n) is 10.7. The molecule has 0 saturated heterocycles. The maximum atomic E-state index is 9.51. The Bertz CT molecular complexity index is 506. The lowest BCUT2D eigenvalue weighted by molar-refractivity contribution is 0.198. The van der Waals surface area contributed by atoms with Crippen molar-refractivity contribution in [2.75, 3.05) is 0 Å². The number of aliphatic hydroxyl groups is 1. The van der Waals surface area contributed by atoms with Gasteiger partial charge in [0.2, 0.25) is 0 Å². The highest BCUT2D eigenvalue weighted by Gasteiger charge is 2.05. The second kappa shape index (κ2) is 5.69. The lowest BCUT2D eigenvalue weighted by Gasteiger charge is -2.10. The summed E-state index contributed by atoms with van der Waals surface area (Å²) in [5.41, 5.74) is 0.853. The summed E-state index contributed by atoms with van der Waals surface area (Å²) in [6.45, 7) is 5.12. The average molecular weight is 246 g/mol. The summed E-state index contributed by atoms with van der Waals surface area (Å²) >= 11 is 0. The minimum Gasteiger partial charge on any atom is -0.486 e. The average Bonchev–Trinajstić information content (AvgIpc) is 2.84. The van der Waals surface area contributed by atoms with Crippen LogP contribution >= 0.6 is 0 Å². The van der Waals surface area contributed by atoms with Gasteiger partial charge in [0.05, 0.1) is 6.10 Å². The summed E-state index contributed by atoms with van der Waals surface area (Å²) in [4.78, 5) is 4.25. The number of aliphatic hydroxyl groups excluding tert-OH is 1. The van der Waals surface area contributed by atoms with Crippen molar-refractivity contribution in [3.05, 3.63) is 48.0 Å². The molecule has 0 radical (unpaired) electrons. The van der Waals surface area contributed by atoms with E-state index in [0.717, 1.165) is 23.7 Å². The van der Waals surface area contributed by atoms with Crippen LogP contribution in [0.5, 0.6) is 5.75 Å². The Kier molecular flexibility index (Phi) is 3.99. The fraction of sp³-hybridized carbons (Fsp3) is 0.357. The Morgan fingerprint density at radius 1 is 1.44 bits per heavy atom. The van der Waals surface area contributed by atoms with Crippen molar-refractivity contribution in [1.29, 1.82) is 0 Å². The number of imidazole rings is 1. The zero-order valence-corrected chi connectivity index (χ0v) is 10.7. The van der Waals surface area contributed by atoms with E-state index in [1.807, 2.05) is 35.0 Å². The Morgan fingerprint density at radius 2 is 2.28 bits per heavy atom. The maximum absolute atomic E-state index is 9.51. The molecule has 0 amide bonds. The van der Waals surface area contributed by atoms with Crippen molar-refractivity contribution in [3.63, 3.8) is 0 Å². The van der Waals surface area contributed by atoms with Crippen LogP contribution in [0, 0.1) is 0 Å². The van der Waals surface area contributed by atoms with Gasteiger partial charge >= 0.3 is 0 Å². The SMILES string of the molecule is CCn1ccnc1COc1cccc([C@H](C)O)c1. The van der Waals surface area contributed by atoms with Gasteiger partial charge in [0.1, 0.15) is 18.2 Å². The van der Waals surface area contributed by atoms with Crippen molar-refractivity contribution in [2.45, 2.75) is 33.1 Å². The smallest absolute Gasteiger partial charge is 0.146 e. The van der Waals surface area contributed by atoms with Crippen molar-refractivity contribution in [1.82, 2.24) is 9.55 Å². The van der Waals surface area contributed by atoms with Crippen molar-refractivity contribution in [3.8, 4) is 5.75 Å². The standard InChI is InChI=1S/C14H18N2O2/c1-3-16-8-7-15-14(16)10-18-13-6-4-5-12(9-13)11(2)17/h4-9,11,17H,3,10H2,1-2H3/t11-/m0/s1. The molecule has 0 spiro atoms. The second-order valence-corrected chi connectivity index (χ2v) is 4.17. The van der Waals surface area contributed by atoms with Crippen LogP contribution in [0.1, 0.15) is 31.3 Å². The summed E-state index contributed by atoms with van der Waals surface area (Å²) < 4.78 is 7.73. The van der Waals surface area contributed by atoms with Crippen LogP contribution in [0.2, 0.25) is 0 Å². The number of aryl methyl sites for hydroxylation is 1. The van der Waals surface area contributed by atoms with E-state index in [2.05, 4.69) is 11.9 Å². The minimum absolute atomic E-state index is 0.435. The number of rotatable bonds is 5. The van der Waals surface area contributed by atoms with Gasteiger partial charge in [-0.05, 0) is 31.5 Å². The molecular weight excluding hydrogens is 228 g/mol. The molecule has 0 aliphatic carbocycles. The van der Waals surface area contributed by atoms with Gasteiger partial charge in [0.15, 0.2) is 0 Å². The minimum atomic E-state index is -0.480. The number of hydrogen-bond acceptors (Lipinski definition) is 3. The molecular formula is C14H18N2O2. The van der Waals surface area contributed by atoms with Crippen LogP contribution in [-0.2, 0) is 13.2 Å². The molecule has 2 aromatic rings. The van der Waals surface area contributed by atoms with Crippen molar-refractivity contribution < 1.29 is 9.84 Å². The first kappa shape index (κ1) is 12.6. The Hall–Kier alpha value is -1.81. The molecule has 4 heteroatoms. The fourth-order valence-corrected chi connectivity index (χ4v) is 1.78. The molecule has 1 aromatic heterocycles. The molecule has 0 fully saturated rings. The quantitative estimate of drug-likeness (QED) is 0.882. The number of hydrogen-bond donors (Lipinski definition) is 1. The Labute approximate surface area is 107 Å². The third-order valence-corrected chi connectivity index (χ3v) is 2.85. The van der Waals surface area contributed by atoms with Gasteiger partial charge in [0.25, 0.3) is 0 Å². The van der Waals surface area contributed by atoms with Crippen LogP contribution in [0.15, 0.2) is 36.7 Å². The summed E-state index contributed by atoms with van der Waals surface area (Å²) in [6.07, 6.45) is 3.23. The molecule has 1 atom stereocenters. The molecule has 4 nitrogen and oxygen atoms in total. The normalized spacial score (nSPS) is 12.4. The zero-order chi connectivity index (χ0) is 13.0. The molecule has 0 unspecified atom stereocenters. The predicted octanol–water partition coefficient (Wildman–Crippen LogP) is 2.54. The van der Waals surface area contributed by atoms with Crippen LogP contribution in [0.4, 0.5) is 0 Å². The number of aromatic nitrogens is 2. The highest BCUT2D eigenvalue weighted by molar-refractivity contribution is 5.29. The first-order chi connectivity index (χ1) is 8.70. The van der Waals surface area contributed by atoms with E-state index in [1.165, 1.54) is 0 Å². The van der Waals surface area contributed by atoms with Crippen LogP contribution in [0.3, 0.4) is 0 Å². The highest BCUT2D eigenvalue weighted by atomic mass is 16.5. The van der Waals surface area contributed by atoms with E-state index in [0.29, 0.717) is 6.61 Å². The highest BCUT2D eigenvalue weighted by Crippen LogP contribution is 2.19. The summed E-state index contributed by atoms with van der Waals surface area (Å²) in [6, 6.07) is 7.49. The predicted molar refractivity (Wildman–Crippen MR) is 69.3 cm³/mol.